The molecule has 4 heteroatoms. The number of methoxy groups -OCH3 is 1. The van der Waals surface area contributed by atoms with Crippen LogP contribution in [0.1, 0.15) is 17.2 Å². The van der Waals surface area contributed by atoms with Gasteiger partial charge >= 0.3 is 0 Å². The van der Waals surface area contributed by atoms with E-state index in [4.69, 9.17) is 4.74 Å². The summed E-state index contributed by atoms with van der Waals surface area (Å²) in [5.41, 5.74) is 1.50. The molecule has 84 valence electrons. The Labute approximate surface area is 99.5 Å². The Hall–Kier alpha value is -2.41. The van der Waals surface area contributed by atoms with Crippen molar-refractivity contribution in [3.63, 3.8) is 0 Å². The second-order valence-electron chi connectivity index (χ2n) is 3.49. The lowest BCUT2D eigenvalue weighted by atomic mass is 9.97. The van der Waals surface area contributed by atoms with Crippen molar-refractivity contribution in [2.75, 3.05) is 7.11 Å². The number of ether oxygens (including phenoxy) is 1. The number of benzene rings is 1. The van der Waals surface area contributed by atoms with E-state index >= 15 is 0 Å². The molecule has 0 bridgehead atoms. The highest BCUT2D eigenvalue weighted by Gasteiger charge is 2.15. The van der Waals surface area contributed by atoms with Crippen LogP contribution >= 0.6 is 0 Å². The fraction of sp³-hybridized carbons (Fsp3) is 0.154. The highest BCUT2D eigenvalue weighted by atomic mass is 16.5. The van der Waals surface area contributed by atoms with Crippen molar-refractivity contribution in [3.8, 4) is 11.8 Å². The van der Waals surface area contributed by atoms with Gasteiger partial charge in [0.2, 0.25) is 0 Å². The summed E-state index contributed by atoms with van der Waals surface area (Å²) in [5, 5.41) is 17.0. The van der Waals surface area contributed by atoms with Crippen LogP contribution in [-0.4, -0.2) is 17.3 Å². The van der Waals surface area contributed by atoms with Gasteiger partial charge in [0.15, 0.2) is 0 Å². The first-order valence-corrected chi connectivity index (χ1v) is 5.16. The molecular weight excluding hydrogens is 214 g/mol. The van der Waals surface area contributed by atoms with E-state index in [0.29, 0.717) is 5.69 Å². The quantitative estimate of drug-likeness (QED) is 0.803. The van der Waals surface area contributed by atoms with Gasteiger partial charge in [-0.1, -0.05) is 12.1 Å². The molecule has 0 aliphatic carbocycles. The number of aromatic nitrogens is 2. The zero-order valence-corrected chi connectivity index (χ0v) is 9.37. The molecule has 0 spiro atoms. The number of rotatable bonds is 3. The Kier molecular flexibility index (Phi) is 3.31. The summed E-state index contributed by atoms with van der Waals surface area (Å²) < 4.78 is 5.14. The van der Waals surface area contributed by atoms with Gasteiger partial charge in [-0.15, -0.1) is 0 Å². The summed E-state index contributed by atoms with van der Waals surface area (Å²) >= 11 is 0. The van der Waals surface area contributed by atoms with Crippen LogP contribution in [0.3, 0.4) is 0 Å². The Balaban J connectivity index is 2.40. The molecule has 0 aliphatic heterocycles. The largest absolute Gasteiger partial charge is 0.497 e. The van der Waals surface area contributed by atoms with Crippen molar-refractivity contribution in [2.24, 2.45) is 0 Å². The molecule has 1 aromatic heterocycles. The predicted molar refractivity (Wildman–Crippen MR) is 62.5 cm³/mol. The Morgan fingerprint density at radius 2 is 2.18 bits per heavy atom. The summed E-state index contributed by atoms with van der Waals surface area (Å²) in [5.74, 6) is 0.311. The zero-order chi connectivity index (χ0) is 12.1. The van der Waals surface area contributed by atoms with Crippen LogP contribution in [0.15, 0.2) is 42.6 Å². The standard InChI is InChI=1S/C13H11N3O/c1-17-11-5-2-4-10(8-11)12(9-14)13-6-3-7-15-16-13/h2-8,12H,1H3. The van der Waals surface area contributed by atoms with E-state index in [0.717, 1.165) is 11.3 Å². The molecule has 0 radical (unpaired) electrons. The minimum atomic E-state index is -0.418. The monoisotopic (exact) mass is 225 g/mol. The number of nitrogens with zero attached hydrogens (tertiary/aromatic N) is 3. The lowest BCUT2D eigenvalue weighted by Crippen LogP contribution is -2.02. The SMILES string of the molecule is COc1cccc(C(C#N)c2cccnn2)c1. The maximum absolute atomic E-state index is 9.24. The first-order valence-electron chi connectivity index (χ1n) is 5.16. The van der Waals surface area contributed by atoms with Gasteiger partial charge in [-0.3, -0.25) is 0 Å². The van der Waals surface area contributed by atoms with Gasteiger partial charge in [-0.25, -0.2) is 0 Å². The molecule has 1 atom stereocenters. The van der Waals surface area contributed by atoms with Gasteiger partial charge in [-0.05, 0) is 29.8 Å². The van der Waals surface area contributed by atoms with Crippen molar-refractivity contribution in [2.45, 2.75) is 5.92 Å². The molecule has 0 saturated heterocycles. The van der Waals surface area contributed by atoms with E-state index in [1.54, 1.807) is 25.4 Å². The lowest BCUT2D eigenvalue weighted by molar-refractivity contribution is 0.414. The number of hydrogen-bond donors (Lipinski definition) is 0. The van der Waals surface area contributed by atoms with Crippen molar-refractivity contribution < 1.29 is 4.74 Å². The topological polar surface area (TPSA) is 58.8 Å². The molecule has 0 N–H and O–H groups in total. The number of nitriles is 1. The Bertz CT molecular complexity index is 534. The molecule has 0 saturated carbocycles. The summed E-state index contributed by atoms with van der Waals surface area (Å²) in [6.45, 7) is 0. The Morgan fingerprint density at radius 1 is 1.29 bits per heavy atom. The van der Waals surface area contributed by atoms with Crippen molar-refractivity contribution in [1.29, 1.82) is 5.26 Å². The van der Waals surface area contributed by atoms with Gasteiger partial charge in [0.25, 0.3) is 0 Å². The first-order chi connectivity index (χ1) is 8.35. The van der Waals surface area contributed by atoms with Crippen LogP contribution < -0.4 is 4.74 Å². The Morgan fingerprint density at radius 3 is 2.82 bits per heavy atom. The van der Waals surface area contributed by atoms with Crippen LogP contribution in [0.4, 0.5) is 0 Å². The molecule has 2 rings (SSSR count). The minimum Gasteiger partial charge on any atom is -0.497 e. The third kappa shape index (κ3) is 2.40. The van der Waals surface area contributed by atoms with Crippen molar-refractivity contribution in [1.82, 2.24) is 10.2 Å². The number of hydrogen-bond acceptors (Lipinski definition) is 4. The molecule has 0 aliphatic rings. The molecule has 4 nitrogen and oxygen atoms in total. The molecular formula is C13H11N3O. The molecule has 1 aromatic carbocycles. The zero-order valence-electron chi connectivity index (χ0n) is 9.37. The summed E-state index contributed by atoms with van der Waals surface area (Å²) in [4.78, 5) is 0. The van der Waals surface area contributed by atoms with Crippen LogP contribution in [0.5, 0.6) is 5.75 Å². The fourth-order valence-corrected chi connectivity index (χ4v) is 1.60. The first kappa shape index (κ1) is 11.1. The minimum absolute atomic E-state index is 0.418. The van der Waals surface area contributed by atoms with Gasteiger partial charge in [-0.2, -0.15) is 15.5 Å². The summed E-state index contributed by atoms with van der Waals surface area (Å²) in [6.07, 6.45) is 1.59. The third-order valence-corrected chi connectivity index (χ3v) is 2.44. The van der Waals surface area contributed by atoms with Gasteiger partial charge in [0.05, 0.1) is 18.9 Å². The van der Waals surface area contributed by atoms with Gasteiger partial charge in [0, 0.05) is 6.20 Å². The molecule has 2 aromatic rings. The van der Waals surface area contributed by atoms with E-state index in [9.17, 15) is 5.26 Å². The second-order valence-corrected chi connectivity index (χ2v) is 3.49. The molecule has 17 heavy (non-hydrogen) atoms. The summed E-state index contributed by atoms with van der Waals surface area (Å²) in [7, 11) is 1.60. The maximum atomic E-state index is 9.24. The van der Waals surface area contributed by atoms with Crippen molar-refractivity contribution in [3.05, 3.63) is 53.9 Å². The van der Waals surface area contributed by atoms with E-state index in [2.05, 4.69) is 16.3 Å². The van der Waals surface area contributed by atoms with Crippen LogP contribution in [0, 0.1) is 11.3 Å². The normalized spacial score (nSPS) is 11.5. The third-order valence-electron chi connectivity index (χ3n) is 2.44. The van der Waals surface area contributed by atoms with E-state index in [-0.39, 0.29) is 0 Å². The highest BCUT2D eigenvalue weighted by Crippen LogP contribution is 2.24. The van der Waals surface area contributed by atoms with Gasteiger partial charge in [0.1, 0.15) is 11.7 Å². The molecule has 1 unspecified atom stereocenters. The highest BCUT2D eigenvalue weighted by molar-refractivity contribution is 5.38. The smallest absolute Gasteiger partial charge is 0.119 e. The predicted octanol–water partition coefficient (Wildman–Crippen LogP) is 2.14. The average Bonchev–Trinajstić information content (AvgIpc) is 2.41. The van der Waals surface area contributed by atoms with E-state index < -0.39 is 5.92 Å². The molecule has 0 fully saturated rings. The fourth-order valence-electron chi connectivity index (χ4n) is 1.60. The van der Waals surface area contributed by atoms with Gasteiger partial charge < -0.3 is 4.74 Å². The second kappa shape index (κ2) is 5.08. The van der Waals surface area contributed by atoms with Crippen molar-refractivity contribution >= 4 is 0 Å². The van der Waals surface area contributed by atoms with Crippen LogP contribution in [-0.2, 0) is 0 Å². The maximum Gasteiger partial charge on any atom is 0.119 e. The van der Waals surface area contributed by atoms with E-state index in [1.807, 2.05) is 24.3 Å². The van der Waals surface area contributed by atoms with Crippen LogP contribution in [0.2, 0.25) is 0 Å². The van der Waals surface area contributed by atoms with E-state index in [1.165, 1.54) is 0 Å². The lowest BCUT2D eigenvalue weighted by Gasteiger charge is -2.09. The summed E-state index contributed by atoms with van der Waals surface area (Å²) in [6, 6.07) is 13.2. The average molecular weight is 225 g/mol. The molecule has 1 heterocycles. The molecule has 0 amide bonds. The van der Waals surface area contributed by atoms with Crippen LogP contribution in [0.25, 0.3) is 0 Å².